The molecule has 0 aromatic carbocycles. The highest BCUT2D eigenvalue weighted by atomic mass is 35.5. The Balaban J connectivity index is 2.19. The SMILES string of the molecule is CC1CN(c2ccncc2CCl)CC1N(C)C. The van der Waals surface area contributed by atoms with Gasteiger partial charge in [-0.3, -0.25) is 4.98 Å². The number of likely N-dealkylation sites (N-methyl/N-ethyl adjacent to an activating group) is 1. The fraction of sp³-hybridized carbons (Fsp3) is 0.615. The number of pyridine rings is 1. The maximum atomic E-state index is 5.97. The second kappa shape index (κ2) is 5.23. The molecular formula is C13H20ClN3. The summed E-state index contributed by atoms with van der Waals surface area (Å²) in [5, 5.41) is 0. The Hall–Kier alpha value is -0.800. The average Bonchev–Trinajstić information content (AvgIpc) is 2.71. The molecule has 1 aromatic heterocycles. The minimum absolute atomic E-state index is 0.528. The Labute approximate surface area is 108 Å². The smallest absolute Gasteiger partial charge is 0.0509 e. The minimum Gasteiger partial charge on any atom is -0.369 e. The van der Waals surface area contributed by atoms with Crippen LogP contribution in [0.25, 0.3) is 0 Å². The third-order valence-corrected chi connectivity index (χ3v) is 3.89. The summed E-state index contributed by atoms with van der Waals surface area (Å²) < 4.78 is 0. The van der Waals surface area contributed by atoms with E-state index in [0.29, 0.717) is 17.8 Å². The molecular weight excluding hydrogens is 234 g/mol. The normalized spacial score (nSPS) is 24.6. The van der Waals surface area contributed by atoms with Crippen LogP contribution in [0.4, 0.5) is 5.69 Å². The number of hydrogen-bond acceptors (Lipinski definition) is 3. The van der Waals surface area contributed by atoms with Crippen molar-refractivity contribution >= 4 is 17.3 Å². The van der Waals surface area contributed by atoms with Gasteiger partial charge in [-0.05, 0) is 26.1 Å². The molecule has 94 valence electrons. The van der Waals surface area contributed by atoms with Gasteiger partial charge in [0.05, 0.1) is 5.88 Å². The van der Waals surface area contributed by atoms with Crippen LogP contribution in [0.2, 0.25) is 0 Å². The van der Waals surface area contributed by atoms with Crippen molar-refractivity contribution in [2.45, 2.75) is 18.8 Å². The first kappa shape index (κ1) is 12.7. The van der Waals surface area contributed by atoms with Gasteiger partial charge in [0.15, 0.2) is 0 Å². The molecule has 1 aliphatic heterocycles. The van der Waals surface area contributed by atoms with Crippen molar-refractivity contribution < 1.29 is 0 Å². The van der Waals surface area contributed by atoms with Gasteiger partial charge in [-0.2, -0.15) is 0 Å². The molecule has 0 radical (unpaired) electrons. The topological polar surface area (TPSA) is 19.4 Å². The first-order chi connectivity index (χ1) is 8.13. The van der Waals surface area contributed by atoms with Crippen molar-refractivity contribution in [2.75, 3.05) is 32.1 Å². The van der Waals surface area contributed by atoms with Crippen LogP contribution in [0.15, 0.2) is 18.5 Å². The highest BCUT2D eigenvalue weighted by Gasteiger charge is 2.31. The fourth-order valence-electron chi connectivity index (χ4n) is 2.65. The van der Waals surface area contributed by atoms with Crippen LogP contribution in [0, 0.1) is 5.92 Å². The summed E-state index contributed by atoms with van der Waals surface area (Å²) in [6.07, 6.45) is 3.72. The van der Waals surface area contributed by atoms with Gasteiger partial charge in [0.1, 0.15) is 0 Å². The van der Waals surface area contributed by atoms with Crippen LogP contribution in [0.5, 0.6) is 0 Å². The van der Waals surface area contributed by atoms with E-state index in [1.54, 1.807) is 0 Å². The Morgan fingerprint density at radius 3 is 2.82 bits per heavy atom. The van der Waals surface area contributed by atoms with Crippen LogP contribution in [0.3, 0.4) is 0 Å². The summed E-state index contributed by atoms with van der Waals surface area (Å²) in [7, 11) is 4.30. The van der Waals surface area contributed by atoms with Gasteiger partial charge in [0.25, 0.3) is 0 Å². The molecule has 0 aliphatic carbocycles. The molecule has 1 fully saturated rings. The Morgan fingerprint density at radius 2 is 2.24 bits per heavy atom. The first-order valence-electron chi connectivity index (χ1n) is 6.03. The zero-order valence-corrected chi connectivity index (χ0v) is 11.5. The van der Waals surface area contributed by atoms with Crippen molar-refractivity contribution in [3.63, 3.8) is 0 Å². The summed E-state index contributed by atoms with van der Waals surface area (Å²) in [6, 6.07) is 2.69. The zero-order chi connectivity index (χ0) is 12.4. The lowest BCUT2D eigenvalue weighted by molar-refractivity contribution is 0.266. The summed E-state index contributed by atoms with van der Waals surface area (Å²) in [5.74, 6) is 1.21. The molecule has 0 spiro atoms. The van der Waals surface area contributed by atoms with Crippen LogP contribution in [-0.4, -0.2) is 43.1 Å². The second-order valence-corrected chi connectivity index (χ2v) is 5.32. The molecule has 0 amide bonds. The summed E-state index contributed by atoms with van der Waals surface area (Å²) in [6.45, 7) is 4.48. The first-order valence-corrected chi connectivity index (χ1v) is 6.57. The van der Waals surface area contributed by atoms with Gasteiger partial charge in [-0.15, -0.1) is 11.6 Å². The highest BCUT2D eigenvalue weighted by molar-refractivity contribution is 6.17. The zero-order valence-electron chi connectivity index (χ0n) is 10.7. The fourth-order valence-corrected chi connectivity index (χ4v) is 2.86. The third kappa shape index (κ3) is 2.55. The lowest BCUT2D eigenvalue weighted by Gasteiger charge is -2.23. The van der Waals surface area contributed by atoms with Crippen molar-refractivity contribution in [1.82, 2.24) is 9.88 Å². The monoisotopic (exact) mass is 253 g/mol. The van der Waals surface area contributed by atoms with Crippen LogP contribution < -0.4 is 4.90 Å². The van der Waals surface area contributed by atoms with E-state index in [-0.39, 0.29) is 0 Å². The van der Waals surface area contributed by atoms with Gasteiger partial charge >= 0.3 is 0 Å². The number of halogens is 1. The van der Waals surface area contributed by atoms with Crippen molar-refractivity contribution in [1.29, 1.82) is 0 Å². The average molecular weight is 254 g/mol. The Bertz CT molecular complexity index is 381. The number of alkyl halides is 1. The summed E-state index contributed by atoms with van der Waals surface area (Å²) in [4.78, 5) is 8.88. The molecule has 0 saturated carbocycles. The lowest BCUT2D eigenvalue weighted by atomic mass is 10.1. The molecule has 1 aliphatic rings. The Morgan fingerprint density at radius 1 is 1.47 bits per heavy atom. The molecule has 1 saturated heterocycles. The quantitative estimate of drug-likeness (QED) is 0.770. The third-order valence-electron chi connectivity index (χ3n) is 3.60. The van der Waals surface area contributed by atoms with E-state index < -0.39 is 0 Å². The predicted molar refractivity (Wildman–Crippen MR) is 72.6 cm³/mol. The maximum absolute atomic E-state index is 5.97. The van der Waals surface area contributed by atoms with Crippen LogP contribution in [-0.2, 0) is 5.88 Å². The van der Waals surface area contributed by atoms with E-state index in [9.17, 15) is 0 Å². The summed E-state index contributed by atoms with van der Waals surface area (Å²) >= 11 is 5.97. The van der Waals surface area contributed by atoms with Crippen molar-refractivity contribution in [3.8, 4) is 0 Å². The minimum atomic E-state index is 0.528. The number of rotatable bonds is 3. The molecule has 2 heterocycles. The molecule has 4 heteroatoms. The molecule has 2 rings (SSSR count). The standard InChI is InChI=1S/C13H20ClN3/c1-10-8-17(9-13(10)16(2)3)12-4-5-15-7-11(12)6-14/h4-5,7,10,13H,6,8-9H2,1-3H3. The highest BCUT2D eigenvalue weighted by Crippen LogP contribution is 2.28. The lowest BCUT2D eigenvalue weighted by Crippen LogP contribution is -2.34. The van der Waals surface area contributed by atoms with E-state index in [0.717, 1.165) is 18.7 Å². The van der Waals surface area contributed by atoms with Gasteiger partial charge in [-0.25, -0.2) is 0 Å². The van der Waals surface area contributed by atoms with E-state index in [2.05, 4.69) is 41.9 Å². The largest absolute Gasteiger partial charge is 0.369 e. The van der Waals surface area contributed by atoms with Crippen LogP contribution >= 0.6 is 11.6 Å². The van der Waals surface area contributed by atoms with Gasteiger partial charge in [0, 0.05) is 42.8 Å². The van der Waals surface area contributed by atoms with Gasteiger partial charge in [0.2, 0.25) is 0 Å². The van der Waals surface area contributed by atoms with Crippen molar-refractivity contribution in [2.24, 2.45) is 5.92 Å². The number of aromatic nitrogens is 1. The number of hydrogen-bond donors (Lipinski definition) is 0. The van der Waals surface area contributed by atoms with Crippen molar-refractivity contribution in [3.05, 3.63) is 24.0 Å². The van der Waals surface area contributed by atoms with Crippen LogP contribution in [0.1, 0.15) is 12.5 Å². The van der Waals surface area contributed by atoms with Gasteiger partial charge < -0.3 is 9.80 Å². The molecule has 0 N–H and O–H groups in total. The second-order valence-electron chi connectivity index (χ2n) is 5.05. The number of anilines is 1. The Kier molecular flexibility index (Phi) is 3.89. The number of nitrogens with zero attached hydrogens (tertiary/aromatic N) is 3. The van der Waals surface area contributed by atoms with E-state index >= 15 is 0 Å². The van der Waals surface area contributed by atoms with E-state index in [4.69, 9.17) is 11.6 Å². The van der Waals surface area contributed by atoms with E-state index in [1.807, 2.05) is 12.4 Å². The maximum Gasteiger partial charge on any atom is 0.0509 e. The van der Waals surface area contributed by atoms with Gasteiger partial charge in [-0.1, -0.05) is 6.92 Å². The molecule has 3 nitrogen and oxygen atoms in total. The summed E-state index contributed by atoms with van der Waals surface area (Å²) in [5.41, 5.74) is 2.37. The molecule has 2 unspecified atom stereocenters. The molecule has 0 bridgehead atoms. The molecule has 17 heavy (non-hydrogen) atoms. The predicted octanol–water partition coefficient (Wildman–Crippen LogP) is 2.21. The molecule has 1 aromatic rings. The van der Waals surface area contributed by atoms with E-state index in [1.165, 1.54) is 5.69 Å². The molecule has 2 atom stereocenters.